The van der Waals surface area contributed by atoms with Crippen LogP contribution in [0.25, 0.3) is 0 Å². The highest BCUT2D eigenvalue weighted by Gasteiger charge is 2.95. The number of carboxylic acid groups (broad SMARTS) is 1. The smallest absolute Gasteiger partial charge is 0.370 e. The van der Waals surface area contributed by atoms with Crippen molar-refractivity contribution in [2.24, 2.45) is 0 Å². The van der Waals surface area contributed by atoms with Crippen LogP contribution in [0.3, 0.4) is 0 Å². The van der Waals surface area contributed by atoms with Crippen LogP contribution in [0.1, 0.15) is 71.1 Å². The summed E-state index contributed by atoms with van der Waals surface area (Å²) in [6.07, 6.45) is 20.1. The van der Waals surface area contributed by atoms with E-state index >= 15 is 0 Å². The zero-order valence-corrected chi connectivity index (χ0v) is 13.6. The molecule has 0 bridgehead atoms. The largest absolute Gasteiger partial charge is 0.477 e. The first kappa shape index (κ1) is 17.2. The number of fused-ring (bicyclic) bond motifs is 1. The van der Waals surface area contributed by atoms with E-state index < -0.39 is 17.5 Å². The molecule has 4 heteroatoms. The molecule has 2 heterocycles. The second-order valence-electron chi connectivity index (χ2n) is 6.15. The normalized spacial score (nSPS) is 29.1. The molecule has 1 N–H and O–H groups in total. The fraction of sp³-hybridized carbons (Fsp3) is 0.722. The maximum absolute atomic E-state index is 10.8. The van der Waals surface area contributed by atoms with Gasteiger partial charge in [-0.1, -0.05) is 50.5 Å². The molecular formula is C18H28O4. The summed E-state index contributed by atoms with van der Waals surface area (Å²) in [5.41, 5.74) is 0. The van der Waals surface area contributed by atoms with Gasteiger partial charge in [0.25, 0.3) is 0 Å². The van der Waals surface area contributed by atoms with Gasteiger partial charge < -0.3 is 5.11 Å². The van der Waals surface area contributed by atoms with Crippen LogP contribution in [-0.4, -0.2) is 22.7 Å². The van der Waals surface area contributed by atoms with E-state index in [1.165, 1.54) is 25.7 Å². The van der Waals surface area contributed by atoms with E-state index in [9.17, 15) is 4.79 Å². The van der Waals surface area contributed by atoms with Gasteiger partial charge in [0, 0.05) is 6.42 Å². The summed E-state index contributed by atoms with van der Waals surface area (Å²) < 4.78 is 10.2. The molecule has 0 amide bonds. The molecule has 0 aromatic carbocycles. The fourth-order valence-electron chi connectivity index (χ4n) is 2.75. The third kappa shape index (κ3) is 4.20. The molecular weight excluding hydrogens is 280 g/mol. The van der Waals surface area contributed by atoms with Crippen molar-refractivity contribution in [1.29, 1.82) is 0 Å². The summed E-state index contributed by atoms with van der Waals surface area (Å²) in [6, 6.07) is 0. The Labute approximate surface area is 133 Å². The SMILES string of the molecule is CCCCC/C=C\C/C=C\CCCCCC12OC1(C(=O)O)O2. The molecule has 0 saturated carbocycles. The van der Waals surface area contributed by atoms with Crippen LogP contribution in [0.15, 0.2) is 24.3 Å². The number of hydrogen-bond acceptors (Lipinski definition) is 3. The summed E-state index contributed by atoms with van der Waals surface area (Å²) in [5.74, 6) is -2.99. The molecule has 0 aliphatic carbocycles. The predicted octanol–water partition coefficient (Wildman–Crippen LogP) is 4.56. The van der Waals surface area contributed by atoms with E-state index in [1.54, 1.807) is 0 Å². The molecule has 2 rings (SSSR count). The lowest BCUT2D eigenvalue weighted by Crippen LogP contribution is -2.13. The Kier molecular flexibility index (Phi) is 6.21. The monoisotopic (exact) mass is 308 g/mol. The van der Waals surface area contributed by atoms with Crippen molar-refractivity contribution >= 4 is 5.97 Å². The third-order valence-electron chi connectivity index (χ3n) is 4.27. The van der Waals surface area contributed by atoms with Gasteiger partial charge in [-0.25, -0.2) is 4.79 Å². The van der Waals surface area contributed by atoms with Gasteiger partial charge in [0.2, 0.25) is 5.79 Å². The van der Waals surface area contributed by atoms with Gasteiger partial charge in [-0.15, -0.1) is 0 Å². The molecule has 22 heavy (non-hydrogen) atoms. The number of rotatable bonds is 13. The van der Waals surface area contributed by atoms with Gasteiger partial charge in [-0.2, -0.15) is 0 Å². The minimum absolute atomic E-state index is 0.698. The highest BCUT2D eigenvalue weighted by molar-refractivity contribution is 5.84. The molecule has 0 aromatic rings. The standard InChI is InChI=1S/C18H28O4/c1-2-3-4-5-6-7-8-9-10-11-12-13-14-15-17-18(21-17,22-17)16(19)20/h6-7,9-10H,2-5,8,11-15H2,1H3,(H,19,20)/b7-6-,10-9-. The maximum atomic E-state index is 10.8. The van der Waals surface area contributed by atoms with Gasteiger partial charge in [0.1, 0.15) is 0 Å². The Morgan fingerprint density at radius 2 is 1.59 bits per heavy atom. The number of ether oxygens (including phenoxy) is 2. The lowest BCUT2D eigenvalue weighted by atomic mass is 10.1. The fourth-order valence-corrected chi connectivity index (χ4v) is 2.75. The van der Waals surface area contributed by atoms with Crippen LogP contribution in [0.4, 0.5) is 0 Å². The van der Waals surface area contributed by atoms with Crippen molar-refractivity contribution in [3.63, 3.8) is 0 Å². The molecule has 2 aliphatic rings. The van der Waals surface area contributed by atoms with Crippen molar-refractivity contribution in [1.82, 2.24) is 0 Å². The Morgan fingerprint density at radius 1 is 0.955 bits per heavy atom. The van der Waals surface area contributed by atoms with Crippen molar-refractivity contribution in [2.45, 2.75) is 82.7 Å². The molecule has 2 fully saturated rings. The van der Waals surface area contributed by atoms with Crippen LogP contribution >= 0.6 is 0 Å². The van der Waals surface area contributed by atoms with E-state index in [1.807, 2.05) is 0 Å². The number of hydrogen-bond donors (Lipinski definition) is 1. The summed E-state index contributed by atoms with van der Waals surface area (Å²) in [7, 11) is 0. The predicted molar refractivity (Wildman–Crippen MR) is 85.4 cm³/mol. The number of carboxylic acids is 1. The van der Waals surface area contributed by atoms with E-state index in [-0.39, 0.29) is 0 Å². The molecule has 2 aliphatic heterocycles. The number of unbranched alkanes of at least 4 members (excludes halogenated alkanes) is 6. The second kappa shape index (κ2) is 7.93. The molecule has 4 nitrogen and oxygen atoms in total. The molecule has 0 radical (unpaired) electrons. The molecule has 0 unspecified atom stereocenters. The summed E-state index contributed by atoms with van der Waals surface area (Å²) >= 11 is 0. The maximum Gasteiger partial charge on any atom is 0.370 e. The van der Waals surface area contributed by atoms with Gasteiger partial charge in [0.05, 0.1) is 0 Å². The Balaban J connectivity index is 1.38. The van der Waals surface area contributed by atoms with Gasteiger partial charge in [-0.05, 0) is 38.5 Å². The second-order valence-corrected chi connectivity index (χ2v) is 6.15. The average molecular weight is 308 g/mol. The Morgan fingerprint density at radius 3 is 2.14 bits per heavy atom. The van der Waals surface area contributed by atoms with Crippen LogP contribution in [0, 0.1) is 0 Å². The number of epoxide rings is 2. The lowest BCUT2D eigenvalue weighted by Gasteiger charge is -1.99. The first-order chi connectivity index (χ1) is 10.7. The quantitative estimate of drug-likeness (QED) is 0.308. The van der Waals surface area contributed by atoms with Crippen LogP contribution in [0.5, 0.6) is 0 Å². The number of carbonyl (C=O) groups is 1. The van der Waals surface area contributed by atoms with Crippen LogP contribution < -0.4 is 0 Å². The topological polar surface area (TPSA) is 62.4 Å². The molecule has 0 aromatic heterocycles. The summed E-state index contributed by atoms with van der Waals surface area (Å²) in [4.78, 5) is 10.8. The highest BCUT2D eigenvalue weighted by Crippen LogP contribution is 2.69. The van der Waals surface area contributed by atoms with E-state index in [0.29, 0.717) is 6.42 Å². The molecule has 124 valence electrons. The third-order valence-corrected chi connectivity index (χ3v) is 4.27. The summed E-state index contributed by atoms with van der Waals surface area (Å²) in [6.45, 7) is 2.23. The van der Waals surface area contributed by atoms with E-state index in [0.717, 1.165) is 32.1 Å². The Hall–Kier alpha value is -1.13. The van der Waals surface area contributed by atoms with Gasteiger partial charge in [-0.3, -0.25) is 9.47 Å². The number of allylic oxidation sites excluding steroid dienone is 4. The van der Waals surface area contributed by atoms with Crippen LogP contribution in [0.2, 0.25) is 0 Å². The Bertz CT molecular complexity index is 419. The van der Waals surface area contributed by atoms with Crippen LogP contribution in [-0.2, 0) is 14.3 Å². The van der Waals surface area contributed by atoms with E-state index in [4.69, 9.17) is 14.6 Å². The first-order valence-corrected chi connectivity index (χ1v) is 8.60. The first-order valence-electron chi connectivity index (χ1n) is 8.60. The minimum Gasteiger partial charge on any atom is -0.477 e. The molecule has 0 spiro atoms. The van der Waals surface area contributed by atoms with Crippen molar-refractivity contribution in [3.8, 4) is 0 Å². The summed E-state index contributed by atoms with van der Waals surface area (Å²) in [5, 5.41) is 8.86. The van der Waals surface area contributed by atoms with Crippen molar-refractivity contribution < 1.29 is 19.4 Å². The van der Waals surface area contributed by atoms with Crippen molar-refractivity contribution in [3.05, 3.63) is 24.3 Å². The molecule has 0 atom stereocenters. The average Bonchev–Trinajstić information content (AvgIpc) is 3.31. The van der Waals surface area contributed by atoms with Gasteiger partial charge in [0.15, 0.2) is 0 Å². The zero-order valence-electron chi connectivity index (χ0n) is 13.6. The van der Waals surface area contributed by atoms with E-state index in [2.05, 4.69) is 31.2 Å². The van der Waals surface area contributed by atoms with Crippen molar-refractivity contribution in [2.75, 3.05) is 0 Å². The minimum atomic E-state index is -1.25. The number of aliphatic carboxylic acids is 1. The highest BCUT2D eigenvalue weighted by atomic mass is 17.1. The van der Waals surface area contributed by atoms with Gasteiger partial charge >= 0.3 is 11.8 Å². The lowest BCUT2D eigenvalue weighted by molar-refractivity contribution is -0.166. The molecule has 2 saturated heterocycles. The zero-order chi connectivity index (χ0) is 15.9.